The molecule has 0 atom stereocenters. The number of pyridine rings is 1. The SMILES string of the molecule is N#Cc1ccc2[nH]cc(CCCN3CCN(c4ccc(Sc5ccccn5)cc4)CC3)c2c1. The third-order valence-corrected chi connectivity index (χ3v) is 7.21. The van der Waals surface area contributed by atoms with Gasteiger partial charge < -0.3 is 9.88 Å². The van der Waals surface area contributed by atoms with Crippen molar-refractivity contribution < 1.29 is 0 Å². The number of aromatic nitrogens is 2. The molecular formula is C27H27N5S. The first-order valence-electron chi connectivity index (χ1n) is 11.4. The molecule has 2 aromatic heterocycles. The molecule has 0 saturated carbocycles. The number of rotatable bonds is 7. The standard InChI is InChI=1S/C27H27N5S/c28-19-21-6-11-26-25(18-21)22(20-30-26)4-3-13-31-14-16-32(17-15-31)23-7-9-24(10-8-23)33-27-5-1-2-12-29-27/h1-2,5-12,18,20,30H,3-4,13-17H2. The zero-order chi connectivity index (χ0) is 22.5. The van der Waals surface area contributed by atoms with Gasteiger partial charge in [0, 0.05) is 60.1 Å². The first kappa shape index (κ1) is 21.6. The number of nitriles is 1. The van der Waals surface area contributed by atoms with Crippen LogP contribution in [0.5, 0.6) is 0 Å². The Kier molecular flexibility index (Phi) is 6.61. The largest absolute Gasteiger partial charge is 0.369 e. The lowest BCUT2D eigenvalue weighted by Gasteiger charge is -2.36. The van der Waals surface area contributed by atoms with Gasteiger partial charge in [-0.15, -0.1) is 0 Å². The summed E-state index contributed by atoms with van der Waals surface area (Å²) in [6, 6.07) is 23.0. The molecular weight excluding hydrogens is 426 g/mol. The fourth-order valence-corrected chi connectivity index (χ4v) is 5.20. The van der Waals surface area contributed by atoms with Gasteiger partial charge in [-0.25, -0.2) is 4.98 Å². The van der Waals surface area contributed by atoms with Crippen molar-refractivity contribution in [3.63, 3.8) is 0 Å². The Bertz CT molecular complexity index is 1240. The molecule has 166 valence electrons. The molecule has 1 fully saturated rings. The molecule has 0 amide bonds. The van der Waals surface area contributed by atoms with Gasteiger partial charge >= 0.3 is 0 Å². The maximum absolute atomic E-state index is 9.17. The molecule has 33 heavy (non-hydrogen) atoms. The van der Waals surface area contributed by atoms with Gasteiger partial charge in [-0.05, 0) is 79.5 Å². The average molecular weight is 454 g/mol. The lowest BCUT2D eigenvalue weighted by Crippen LogP contribution is -2.46. The summed E-state index contributed by atoms with van der Waals surface area (Å²) < 4.78 is 0. The highest BCUT2D eigenvalue weighted by Crippen LogP contribution is 2.28. The highest BCUT2D eigenvalue weighted by Gasteiger charge is 2.17. The monoisotopic (exact) mass is 453 g/mol. The number of hydrogen-bond donors (Lipinski definition) is 1. The number of aryl methyl sites for hydroxylation is 1. The fourth-order valence-electron chi connectivity index (χ4n) is 4.43. The number of H-pyrrole nitrogens is 1. The number of fused-ring (bicyclic) bond motifs is 1. The van der Waals surface area contributed by atoms with E-state index in [0.717, 1.165) is 61.7 Å². The average Bonchev–Trinajstić information content (AvgIpc) is 3.28. The van der Waals surface area contributed by atoms with Crippen molar-refractivity contribution in [3.8, 4) is 6.07 Å². The van der Waals surface area contributed by atoms with E-state index in [-0.39, 0.29) is 0 Å². The number of anilines is 1. The predicted molar refractivity (Wildman–Crippen MR) is 135 cm³/mol. The van der Waals surface area contributed by atoms with Crippen molar-refractivity contribution in [3.05, 3.63) is 84.2 Å². The minimum absolute atomic E-state index is 0.725. The van der Waals surface area contributed by atoms with Gasteiger partial charge in [0.05, 0.1) is 11.6 Å². The van der Waals surface area contributed by atoms with Crippen molar-refractivity contribution in [1.29, 1.82) is 5.26 Å². The molecule has 0 spiro atoms. The Balaban J connectivity index is 1.09. The lowest BCUT2D eigenvalue weighted by atomic mass is 10.1. The molecule has 2 aromatic carbocycles. The summed E-state index contributed by atoms with van der Waals surface area (Å²) >= 11 is 1.70. The molecule has 0 radical (unpaired) electrons. The van der Waals surface area contributed by atoms with Gasteiger partial charge in [-0.3, -0.25) is 4.90 Å². The zero-order valence-corrected chi connectivity index (χ0v) is 19.4. The van der Waals surface area contributed by atoms with Crippen molar-refractivity contribution in [2.45, 2.75) is 22.8 Å². The van der Waals surface area contributed by atoms with E-state index in [1.807, 2.05) is 42.6 Å². The van der Waals surface area contributed by atoms with Crippen LogP contribution in [0.15, 0.2) is 83.0 Å². The lowest BCUT2D eigenvalue weighted by molar-refractivity contribution is 0.255. The van der Waals surface area contributed by atoms with Gasteiger partial charge in [0.15, 0.2) is 0 Å². The molecule has 4 aromatic rings. The van der Waals surface area contributed by atoms with Crippen LogP contribution in [0.3, 0.4) is 0 Å². The molecule has 3 heterocycles. The Morgan fingerprint density at radius 2 is 1.85 bits per heavy atom. The van der Waals surface area contributed by atoms with Crippen molar-refractivity contribution in [2.75, 3.05) is 37.6 Å². The number of piperazine rings is 1. The topological polar surface area (TPSA) is 59.0 Å². The van der Waals surface area contributed by atoms with E-state index in [4.69, 9.17) is 0 Å². The maximum atomic E-state index is 9.17. The van der Waals surface area contributed by atoms with Crippen LogP contribution in [0, 0.1) is 11.3 Å². The minimum atomic E-state index is 0.725. The van der Waals surface area contributed by atoms with Crippen molar-refractivity contribution >= 4 is 28.4 Å². The first-order valence-corrected chi connectivity index (χ1v) is 12.3. The molecule has 0 bridgehead atoms. The van der Waals surface area contributed by atoms with Crippen LogP contribution < -0.4 is 4.90 Å². The van der Waals surface area contributed by atoms with Gasteiger partial charge in [0.1, 0.15) is 5.03 Å². The molecule has 1 aliphatic rings. The van der Waals surface area contributed by atoms with E-state index in [0.29, 0.717) is 0 Å². The third-order valence-electron chi connectivity index (χ3n) is 6.25. The van der Waals surface area contributed by atoms with Gasteiger partial charge in [0.25, 0.3) is 0 Å². The molecule has 1 saturated heterocycles. The summed E-state index contributed by atoms with van der Waals surface area (Å²) in [5, 5.41) is 11.4. The van der Waals surface area contributed by atoms with E-state index < -0.39 is 0 Å². The molecule has 0 unspecified atom stereocenters. The van der Waals surface area contributed by atoms with E-state index >= 15 is 0 Å². The highest BCUT2D eigenvalue weighted by molar-refractivity contribution is 7.99. The molecule has 5 nitrogen and oxygen atoms in total. The summed E-state index contributed by atoms with van der Waals surface area (Å²) in [7, 11) is 0. The quantitative estimate of drug-likeness (QED) is 0.409. The van der Waals surface area contributed by atoms with E-state index in [9.17, 15) is 5.26 Å². The van der Waals surface area contributed by atoms with Crippen LogP contribution in [-0.4, -0.2) is 47.6 Å². The third kappa shape index (κ3) is 5.22. The Morgan fingerprint density at radius 3 is 2.61 bits per heavy atom. The Morgan fingerprint density at radius 1 is 1.00 bits per heavy atom. The Labute approximate surface area is 199 Å². The maximum Gasteiger partial charge on any atom is 0.101 e. The van der Waals surface area contributed by atoms with Gasteiger partial charge in [-0.2, -0.15) is 5.26 Å². The summed E-state index contributed by atoms with van der Waals surface area (Å²) in [5.41, 5.74) is 4.45. The summed E-state index contributed by atoms with van der Waals surface area (Å²) in [4.78, 5) is 14.0. The van der Waals surface area contributed by atoms with E-state index in [2.05, 4.69) is 56.3 Å². The Hall–Kier alpha value is -3.27. The highest BCUT2D eigenvalue weighted by atomic mass is 32.2. The second kappa shape index (κ2) is 10.1. The number of hydrogen-bond acceptors (Lipinski definition) is 5. The normalized spacial score (nSPS) is 14.5. The van der Waals surface area contributed by atoms with Crippen LogP contribution >= 0.6 is 11.8 Å². The minimum Gasteiger partial charge on any atom is -0.369 e. The molecule has 5 rings (SSSR count). The first-order chi connectivity index (χ1) is 16.3. The van der Waals surface area contributed by atoms with Crippen molar-refractivity contribution in [1.82, 2.24) is 14.9 Å². The second-order valence-corrected chi connectivity index (χ2v) is 9.48. The van der Waals surface area contributed by atoms with Crippen LogP contribution in [0.4, 0.5) is 5.69 Å². The van der Waals surface area contributed by atoms with E-state index in [1.54, 1.807) is 11.8 Å². The number of aromatic amines is 1. The van der Waals surface area contributed by atoms with E-state index in [1.165, 1.54) is 21.5 Å². The molecule has 1 N–H and O–H groups in total. The van der Waals surface area contributed by atoms with Gasteiger partial charge in [0.2, 0.25) is 0 Å². The second-order valence-electron chi connectivity index (χ2n) is 8.38. The van der Waals surface area contributed by atoms with Gasteiger partial charge in [-0.1, -0.05) is 17.8 Å². The van der Waals surface area contributed by atoms with Crippen LogP contribution in [-0.2, 0) is 6.42 Å². The number of benzene rings is 2. The summed E-state index contributed by atoms with van der Waals surface area (Å²) in [6.45, 7) is 5.42. The number of nitrogens with zero attached hydrogens (tertiary/aromatic N) is 4. The zero-order valence-electron chi connectivity index (χ0n) is 18.6. The molecule has 1 aliphatic heterocycles. The van der Waals surface area contributed by atoms with Crippen LogP contribution in [0.25, 0.3) is 10.9 Å². The smallest absolute Gasteiger partial charge is 0.101 e. The molecule has 6 heteroatoms. The number of nitrogens with one attached hydrogen (secondary N) is 1. The fraction of sp³-hybridized carbons (Fsp3) is 0.259. The van der Waals surface area contributed by atoms with Crippen LogP contribution in [0.1, 0.15) is 17.5 Å². The van der Waals surface area contributed by atoms with Crippen LogP contribution in [0.2, 0.25) is 0 Å². The molecule has 0 aliphatic carbocycles. The van der Waals surface area contributed by atoms with Crippen molar-refractivity contribution in [2.24, 2.45) is 0 Å². The predicted octanol–water partition coefficient (Wildman–Crippen LogP) is 5.34. The summed E-state index contributed by atoms with van der Waals surface area (Å²) in [6.07, 6.45) is 6.09. The summed E-state index contributed by atoms with van der Waals surface area (Å²) in [5.74, 6) is 0.